The fraction of sp³-hybridized carbons (Fsp3) is 0.346. The molecule has 4 heteroatoms. The fourth-order valence-corrected chi connectivity index (χ4v) is 4.85. The molecule has 30 heavy (non-hydrogen) atoms. The number of imidazole rings is 1. The highest BCUT2D eigenvalue weighted by molar-refractivity contribution is 5.80. The summed E-state index contributed by atoms with van der Waals surface area (Å²) in [5, 5.41) is 0. The Morgan fingerprint density at radius 1 is 1.17 bits per heavy atom. The molecule has 0 amide bonds. The van der Waals surface area contributed by atoms with E-state index in [0.717, 1.165) is 53.9 Å². The van der Waals surface area contributed by atoms with Gasteiger partial charge in [-0.1, -0.05) is 24.3 Å². The minimum atomic E-state index is -0.198. The fourth-order valence-electron chi connectivity index (χ4n) is 4.85. The predicted molar refractivity (Wildman–Crippen MR) is 119 cm³/mol. The largest absolute Gasteiger partial charge is 0.359 e. The summed E-state index contributed by atoms with van der Waals surface area (Å²) in [6.07, 6.45) is 11.2. The SMILES string of the molecule is Cc1ccc2[nH]c([C@]3(C)CCCN3C3=[C]C(c4ccc(F)cc4)CC=C3)nc2c1C. The molecule has 1 fully saturated rings. The molecule has 3 aromatic rings. The molecular weight excluding hydrogens is 373 g/mol. The maximum Gasteiger partial charge on any atom is 0.132 e. The second-order valence-corrected chi connectivity index (χ2v) is 8.79. The van der Waals surface area contributed by atoms with E-state index in [1.165, 1.54) is 23.3 Å². The lowest BCUT2D eigenvalue weighted by Gasteiger charge is -2.37. The Hall–Kier alpha value is -2.88. The van der Waals surface area contributed by atoms with E-state index in [9.17, 15) is 4.39 Å². The number of benzene rings is 2. The number of hydrogen-bond donors (Lipinski definition) is 1. The normalized spacial score (nSPS) is 23.9. The smallest absolute Gasteiger partial charge is 0.132 e. The van der Waals surface area contributed by atoms with Crippen molar-refractivity contribution in [2.75, 3.05) is 6.54 Å². The van der Waals surface area contributed by atoms with Crippen LogP contribution in [0.3, 0.4) is 0 Å². The Kier molecular flexibility index (Phi) is 4.53. The minimum Gasteiger partial charge on any atom is -0.359 e. The third-order valence-electron chi connectivity index (χ3n) is 6.86. The van der Waals surface area contributed by atoms with Crippen LogP contribution < -0.4 is 0 Å². The van der Waals surface area contributed by atoms with Crippen molar-refractivity contribution in [3.63, 3.8) is 0 Å². The third-order valence-corrected chi connectivity index (χ3v) is 6.86. The number of halogens is 1. The van der Waals surface area contributed by atoms with Crippen LogP contribution in [0.4, 0.5) is 4.39 Å². The lowest BCUT2D eigenvalue weighted by Crippen LogP contribution is -2.39. The van der Waals surface area contributed by atoms with Crippen molar-refractivity contribution >= 4 is 11.0 Å². The van der Waals surface area contributed by atoms with Gasteiger partial charge < -0.3 is 9.88 Å². The average molecular weight is 401 g/mol. The van der Waals surface area contributed by atoms with E-state index in [0.29, 0.717) is 0 Å². The van der Waals surface area contributed by atoms with Gasteiger partial charge in [0.2, 0.25) is 0 Å². The van der Waals surface area contributed by atoms with Gasteiger partial charge in [-0.15, -0.1) is 0 Å². The van der Waals surface area contributed by atoms with E-state index in [1.807, 2.05) is 12.1 Å². The van der Waals surface area contributed by atoms with Crippen LogP contribution in [0.2, 0.25) is 0 Å². The number of likely N-dealkylation sites (tertiary alicyclic amines) is 1. The Morgan fingerprint density at radius 2 is 1.97 bits per heavy atom. The number of nitrogens with zero attached hydrogens (tertiary/aromatic N) is 2. The number of rotatable bonds is 3. The Balaban J connectivity index is 1.52. The first-order valence-electron chi connectivity index (χ1n) is 10.8. The molecule has 1 aliphatic heterocycles. The van der Waals surface area contributed by atoms with Crippen molar-refractivity contribution in [2.24, 2.45) is 0 Å². The first-order chi connectivity index (χ1) is 14.5. The van der Waals surface area contributed by atoms with Crippen LogP contribution in [-0.2, 0) is 5.54 Å². The number of aromatic nitrogens is 2. The minimum absolute atomic E-state index is 0.149. The topological polar surface area (TPSA) is 31.9 Å². The van der Waals surface area contributed by atoms with Crippen LogP contribution >= 0.6 is 0 Å². The molecule has 2 heterocycles. The van der Waals surface area contributed by atoms with Gasteiger partial charge in [0, 0.05) is 18.2 Å². The number of H-pyrrole nitrogens is 1. The molecule has 2 aromatic carbocycles. The molecule has 1 N–H and O–H groups in total. The van der Waals surface area contributed by atoms with E-state index in [-0.39, 0.29) is 17.3 Å². The van der Waals surface area contributed by atoms with Crippen molar-refractivity contribution in [1.82, 2.24) is 14.9 Å². The van der Waals surface area contributed by atoms with Crippen LogP contribution in [-0.4, -0.2) is 21.4 Å². The van der Waals surface area contributed by atoms with E-state index >= 15 is 0 Å². The predicted octanol–water partition coefficient (Wildman–Crippen LogP) is 6.06. The molecule has 5 rings (SSSR count). The number of hydrogen-bond acceptors (Lipinski definition) is 2. The molecule has 1 unspecified atom stereocenters. The van der Waals surface area contributed by atoms with Crippen molar-refractivity contribution in [2.45, 2.75) is 51.5 Å². The van der Waals surface area contributed by atoms with Crippen molar-refractivity contribution < 1.29 is 4.39 Å². The molecule has 0 spiro atoms. The lowest BCUT2D eigenvalue weighted by atomic mass is 9.90. The first-order valence-corrected chi connectivity index (χ1v) is 10.8. The van der Waals surface area contributed by atoms with Crippen molar-refractivity contribution in [1.29, 1.82) is 0 Å². The number of fused-ring (bicyclic) bond motifs is 1. The van der Waals surface area contributed by atoms with Crippen LogP contribution in [0.25, 0.3) is 11.0 Å². The van der Waals surface area contributed by atoms with Crippen molar-refractivity contribution in [3.05, 3.63) is 88.7 Å². The van der Waals surface area contributed by atoms with E-state index < -0.39 is 0 Å². The maximum atomic E-state index is 13.3. The Morgan fingerprint density at radius 3 is 2.77 bits per heavy atom. The molecule has 0 bridgehead atoms. The molecule has 2 aliphatic rings. The van der Waals surface area contributed by atoms with E-state index in [2.05, 4.69) is 61.0 Å². The van der Waals surface area contributed by atoms with Crippen LogP contribution in [0.5, 0.6) is 0 Å². The summed E-state index contributed by atoms with van der Waals surface area (Å²) in [5.41, 5.74) is 6.70. The summed E-state index contributed by atoms with van der Waals surface area (Å²) < 4.78 is 13.3. The van der Waals surface area contributed by atoms with Gasteiger partial charge in [-0.25, -0.2) is 9.37 Å². The number of aryl methyl sites for hydroxylation is 2. The molecule has 2 atom stereocenters. The summed E-state index contributed by atoms with van der Waals surface area (Å²) in [6.45, 7) is 7.54. The van der Waals surface area contributed by atoms with Crippen LogP contribution in [0, 0.1) is 25.7 Å². The molecular formula is C26H27FN3. The zero-order valence-electron chi connectivity index (χ0n) is 17.8. The summed E-state index contributed by atoms with van der Waals surface area (Å²) in [5.74, 6) is 0.975. The zero-order valence-corrected chi connectivity index (χ0v) is 17.8. The Labute approximate surface area is 177 Å². The Bertz CT molecular complexity index is 1150. The highest BCUT2D eigenvalue weighted by atomic mass is 19.1. The monoisotopic (exact) mass is 400 g/mol. The van der Waals surface area contributed by atoms with Gasteiger partial charge in [-0.05, 0) is 87.1 Å². The van der Waals surface area contributed by atoms with Crippen LogP contribution in [0.1, 0.15) is 54.6 Å². The van der Waals surface area contributed by atoms with Gasteiger partial charge in [0.1, 0.15) is 11.6 Å². The van der Waals surface area contributed by atoms with Gasteiger partial charge in [0.05, 0.1) is 16.6 Å². The van der Waals surface area contributed by atoms with Gasteiger partial charge in [0.25, 0.3) is 0 Å². The number of aromatic amines is 1. The highest BCUT2D eigenvalue weighted by Gasteiger charge is 2.42. The maximum absolute atomic E-state index is 13.3. The molecule has 1 saturated heterocycles. The zero-order chi connectivity index (χ0) is 20.9. The molecule has 153 valence electrons. The average Bonchev–Trinajstić information content (AvgIpc) is 3.37. The van der Waals surface area contributed by atoms with E-state index in [1.54, 1.807) is 0 Å². The molecule has 1 radical (unpaired) electrons. The third kappa shape index (κ3) is 3.06. The van der Waals surface area contributed by atoms with E-state index in [4.69, 9.17) is 4.98 Å². The second kappa shape index (κ2) is 7.12. The molecule has 1 aromatic heterocycles. The van der Waals surface area contributed by atoms with Gasteiger partial charge in [-0.2, -0.15) is 0 Å². The number of nitrogens with one attached hydrogen (secondary N) is 1. The quantitative estimate of drug-likeness (QED) is 0.579. The summed E-state index contributed by atoms with van der Waals surface area (Å²) in [7, 11) is 0. The van der Waals surface area contributed by atoms with Gasteiger partial charge in [-0.3, -0.25) is 0 Å². The summed E-state index contributed by atoms with van der Waals surface area (Å²) in [6, 6.07) is 11.1. The van der Waals surface area contributed by atoms with Gasteiger partial charge in [0.15, 0.2) is 0 Å². The molecule has 0 saturated carbocycles. The summed E-state index contributed by atoms with van der Waals surface area (Å²) >= 11 is 0. The summed E-state index contributed by atoms with van der Waals surface area (Å²) in [4.78, 5) is 11.1. The first kappa shape index (κ1) is 19.1. The molecule has 3 nitrogen and oxygen atoms in total. The number of allylic oxidation sites excluding steroid dienone is 3. The highest BCUT2D eigenvalue weighted by Crippen LogP contribution is 2.42. The second-order valence-electron chi connectivity index (χ2n) is 8.79. The molecule has 1 aliphatic carbocycles. The van der Waals surface area contributed by atoms with Crippen LogP contribution in [0.15, 0.2) is 54.2 Å². The lowest BCUT2D eigenvalue weighted by molar-refractivity contribution is 0.199. The van der Waals surface area contributed by atoms with Gasteiger partial charge >= 0.3 is 0 Å². The van der Waals surface area contributed by atoms with Crippen molar-refractivity contribution in [3.8, 4) is 0 Å². The standard InChI is InChI=1S/C26H27FN3/c1-17-8-13-23-24(18(17)2)29-25(28-23)26(3)14-5-15-30(26)22-7-4-6-20(16-22)19-9-11-21(27)12-10-19/h4,7-13,20H,5-6,14-15H2,1-3H3,(H,28,29)/t20?,26-/m0/s1.